The Kier molecular flexibility index (Phi) is 5.74. The van der Waals surface area contributed by atoms with Crippen LogP contribution >= 0.6 is 0 Å². The van der Waals surface area contributed by atoms with E-state index in [-0.39, 0.29) is 0 Å². The van der Waals surface area contributed by atoms with Crippen molar-refractivity contribution in [1.82, 2.24) is 24.5 Å². The van der Waals surface area contributed by atoms with E-state index in [0.29, 0.717) is 11.8 Å². The Morgan fingerprint density at radius 1 is 1.11 bits per heavy atom. The third kappa shape index (κ3) is 4.15. The highest BCUT2D eigenvalue weighted by Crippen LogP contribution is 2.45. The summed E-state index contributed by atoms with van der Waals surface area (Å²) in [5.74, 6) is 1.50. The summed E-state index contributed by atoms with van der Waals surface area (Å²) in [5.41, 5.74) is 6.98. The molecule has 4 heterocycles. The Balaban J connectivity index is 1.51. The second-order valence-electron chi connectivity index (χ2n) is 8.73. The Bertz CT molecular complexity index is 1600. The molecule has 1 unspecified atom stereocenters. The van der Waals surface area contributed by atoms with Crippen LogP contribution in [0.15, 0.2) is 79.9 Å². The molecule has 3 N–H and O–H groups in total. The summed E-state index contributed by atoms with van der Waals surface area (Å²) < 4.78 is 8.03. The fourth-order valence-corrected chi connectivity index (χ4v) is 4.78. The number of hydrogen-bond acceptors (Lipinski definition) is 8. The van der Waals surface area contributed by atoms with Gasteiger partial charge in [-0.3, -0.25) is 0 Å². The van der Waals surface area contributed by atoms with Gasteiger partial charge in [0.05, 0.1) is 11.1 Å². The van der Waals surface area contributed by atoms with E-state index in [1.807, 2.05) is 37.4 Å². The highest BCUT2D eigenvalue weighted by molar-refractivity contribution is 6.09. The molecule has 1 atom stereocenters. The number of nitrogens with zero attached hydrogens (tertiary/aromatic N) is 5. The first kappa shape index (κ1) is 22.7. The highest BCUT2D eigenvalue weighted by Gasteiger charge is 2.26. The second kappa shape index (κ2) is 9.36. The number of aryl methyl sites for hydroxylation is 1. The van der Waals surface area contributed by atoms with E-state index < -0.39 is 6.23 Å². The largest absolute Gasteiger partial charge is 0.424 e. The van der Waals surface area contributed by atoms with Gasteiger partial charge in [-0.25, -0.2) is 19.9 Å². The van der Waals surface area contributed by atoms with Crippen LogP contribution in [0.2, 0.25) is 0 Å². The molecule has 1 aliphatic rings. The Hall–Kier alpha value is -4.76. The lowest BCUT2D eigenvalue weighted by molar-refractivity contribution is 0.253. The lowest BCUT2D eigenvalue weighted by Crippen LogP contribution is -2.14. The van der Waals surface area contributed by atoms with Crippen LogP contribution in [0.1, 0.15) is 5.56 Å². The Morgan fingerprint density at radius 2 is 1.92 bits per heavy atom. The summed E-state index contributed by atoms with van der Waals surface area (Å²) in [6.07, 6.45) is 6.32. The number of fused-ring (bicyclic) bond motifs is 2. The van der Waals surface area contributed by atoms with Gasteiger partial charge < -0.3 is 25.0 Å². The molecule has 0 spiro atoms. The van der Waals surface area contributed by atoms with Gasteiger partial charge in [-0.2, -0.15) is 0 Å². The summed E-state index contributed by atoms with van der Waals surface area (Å²) in [6.45, 7) is 4.33. The fourth-order valence-electron chi connectivity index (χ4n) is 4.78. The van der Waals surface area contributed by atoms with Crippen LogP contribution in [-0.4, -0.2) is 42.4 Å². The predicted molar refractivity (Wildman–Crippen MR) is 144 cm³/mol. The quantitative estimate of drug-likeness (QED) is 0.230. The number of rotatable bonds is 6. The number of ether oxygens (including phenoxy) is 1. The van der Waals surface area contributed by atoms with Gasteiger partial charge in [0.15, 0.2) is 0 Å². The van der Waals surface area contributed by atoms with Crippen molar-refractivity contribution in [2.75, 3.05) is 17.2 Å². The summed E-state index contributed by atoms with van der Waals surface area (Å²) in [7, 11) is 2.02. The molecule has 0 amide bonds. The SMILES string of the molecule is C=CC(O)Nc1ccc(-c2c3c4c(ncnc4n2C)NCCc2cc(Oc4ncccn4)ccc2-3)cc1. The number of aromatic nitrogens is 5. The molecule has 3 aromatic heterocycles. The lowest BCUT2D eigenvalue weighted by Gasteiger charge is -2.18. The third-order valence-electron chi connectivity index (χ3n) is 6.45. The van der Waals surface area contributed by atoms with Gasteiger partial charge in [0, 0.05) is 37.2 Å². The van der Waals surface area contributed by atoms with Crippen LogP contribution in [0.3, 0.4) is 0 Å². The van der Waals surface area contributed by atoms with Gasteiger partial charge in [-0.15, -0.1) is 0 Å². The summed E-state index contributed by atoms with van der Waals surface area (Å²) in [4.78, 5) is 17.5. The summed E-state index contributed by atoms with van der Waals surface area (Å²) >= 11 is 0. The van der Waals surface area contributed by atoms with Crippen molar-refractivity contribution in [3.8, 4) is 34.1 Å². The molecule has 0 saturated carbocycles. The van der Waals surface area contributed by atoms with E-state index >= 15 is 0 Å². The topological polar surface area (TPSA) is 110 Å². The summed E-state index contributed by atoms with van der Waals surface area (Å²) in [6, 6.07) is 16.1. The van der Waals surface area contributed by atoms with Gasteiger partial charge in [0.1, 0.15) is 29.8 Å². The van der Waals surface area contributed by atoms with Gasteiger partial charge >= 0.3 is 6.01 Å². The van der Waals surface area contributed by atoms with Gasteiger partial charge in [0.2, 0.25) is 0 Å². The minimum atomic E-state index is -0.814. The third-order valence-corrected chi connectivity index (χ3v) is 6.45. The average Bonchev–Trinajstić information content (AvgIpc) is 3.21. The monoisotopic (exact) mass is 491 g/mol. The van der Waals surface area contributed by atoms with Gasteiger partial charge in [-0.1, -0.05) is 24.8 Å². The van der Waals surface area contributed by atoms with Crippen LogP contribution in [-0.2, 0) is 13.5 Å². The molecular formula is C28H25N7O2. The van der Waals surface area contributed by atoms with Crippen molar-refractivity contribution < 1.29 is 9.84 Å². The van der Waals surface area contributed by atoms with Crippen molar-refractivity contribution in [3.05, 3.63) is 85.5 Å². The second-order valence-corrected chi connectivity index (χ2v) is 8.73. The van der Waals surface area contributed by atoms with E-state index in [4.69, 9.17) is 4.74 Å². The first-order valence-electron chi connectivity index (χ1n) is 12.0. The van der Waals surface area contributed by atoms with Gasteiger partial charge in [0.25, 0.3) is 0 Å². The zero-order valence-corrected chi connectivity index (χ0v) is 20.2. The zero-order valence-electron chi connectivity index (χ0n) is 20.2. The van der Waals surface area contributed by atoms with E-state index in [2.05, 4.69) is 53.8 Å². The highest BCUT2D eigenvalue weighted by atomic mass is 16.5. The molecule has 184 valence electrons. The van der Waals surface area contributed by atoms with Gasteiger partial charge in [-0.05, 0) is 59.5 Å². The zero-order chi connectivity index (χ0) is 25.4. The van der Waals surface area contributed by atoms with Crippen LogP contribution < -0.4 is 15.4 Å². The molecule has 5 aromatic rings. The van der Waals surface area contributed by atoms with E-state index in [1.165, 1.54) is 6.08 Å². The van der Waals surface area contributed by atoms with Crippen LogP contribution in [0, 0.1) is 0 Å². The molecule has 0 aliphatic carbocycles. The van der Waals surface area contributed by atoms with Crippen molar-refractivity contribution >= 4 is 22.5 Å². The molecule has 0 fully saturated rings. The van der Waals surface area contributed by atoms with Crippen molar-refractivity contribution in [2.24, 2.45) is 7.05 Å². The molecule has 1 aliphatic heterocycles. The first-order valence-corrected chi connectivity index (χ1v) is 12.0. The fraction of sp³-hybridized carbons (Fsp3) is 0.143. The number of aliphatic hydroxyl groups excluding tert-OH is 1. The standard InChI is InChI=1S/C28H25N7O2/c1-3-22(36)34-19-7-5-17(6-8-19)25-23-21-10-9-20(37-28-30-12-4-13-31-28)15-18(21)11-14-29-26-24(23)27(35(25)2)33-16-32-26/h3-10,12-13,15-16,22,34,36H,1,11,14H2,2H3,(H,29,32,33). The van der Waals surface area contributed by atoms with E-state index in [0.717, 1.165) is 63.5 Å². The summed E-state index contributed by atoms with van der Waals surface area (Å²) in [5, 5.41) is 17.3. The molecule has 9 nitrogen and oxygen atoms in total. The molecule has 37 heavy (non-hydrogen) atoms. The smallest absolute Gasteiger partial charge is 0.321 e. The Morgan fingerprint density at radius 3 is 2.70 bits per heavy atom. The maximum absolute atomic E-state index is 9.87. The maximum atomic E-state index is 9.87. The molecule has 0 bridgehead atoms. The minimum Gasteiger partial charge on any atom is -0.424 e. The molecule has 0 radical (unpaired) electrons. The molecule has 9 heteroatoms. The normalized spacial score (nSPS) is 13.1. The number of anilines is 2. The van der Waals surface area contributed by atoms with Crippen molar-refractivity contribution in [3.63, 3.8) is 0 Å². The number of aliphatic hydroxyl groups is 1. The molecular weight excluding hydrogens is 466 g/mol. The molecule has 6 rings (SSSR count). The predicted octanol–water partition coefficient (Wildman–Crippen LogP) is 4.77. The minimum absolute atomic E-state index is 0.309. The lowest BCUT2D eigenvalue weighted by atomic mass is 9.92. The van der Waals surface area contributed by atoms with Crippen LogP contribution in [0.5, 0.6) is 11.8 Å². The van der Waals surface area contributed by atoms with E-state index in [9.17, 15) is 5.11 Å². The number of hydrogen-bond donors (Lipinski definition) is 3. The molecule has 0 saturated heterocycles. The Labute approximate surface area is 213 Å². The number of nitrogens with one attached hydrogen (secondary N) is 2. The molecule has 2 aromatic carbocycles. The average molecular weight is 492 g/mol. The number of benzene rings is 2. The van der Waals surface area contributed by atoms with Crippen molar-refractivity contribution in [1.29, 1.82) is 0 Å². The van der Waals surface area contributed by atoms with Crippen LogP contribution in [0.4, 0.5) is 11.5 Å². The van der Waals surface area contributed by atoms with Crippen molar-refractivity contribution in [2.45, 2.75) is 12.6 Å². The van der Waals surface area contributed by atoms with E-state index in [1.54, 1.807) is 24.8 Å². The van der Waals surface area contributed by atoms with Crippen LogP contribution in [0.25, 0.3) is 33.4 Å². The maximum Gasteiger partial charge on any atom is 0.321 e. The first-order chi connectivity index (χ1) is 18.1.